The lowest BCUT2D eigenvalue weighted by molar-refractivity contribution is -0.120. The predicted octanol–water partition coefficient (Wildman–Crippen LogP) is 1.39. The summed E-state index contributed by atoms with van der Waals surface area (Å²) in [6.07, 6.45) is 4.42. The Morgan fingerprint density at radius 3 is 2.95 bits per heavy atom. The molecule has 1 atom stereocenters. The van der Waals surface area contributed by atoms with Crippen LogP contribution in [0.5, 0.6) is 0 Å². The van der Waals surface area contributed by atoms with Gasteiger partial charge in [0, 0.05) is 24.8 Å². The number of benzene rings is 1. The summed E-state index contributed by atoms with van der Waals surface area (Å²) in [5, 5.41) is 0. The Balaban J connectivity index is 1.72. The number of para-hydroxylation sites is 1. The second-order valence-electron chi connectivity index (χ2n) is 5.78. The lowest BCUT2D eigenvalue weighted by Crippen LogP contribution is -2.45. The van der Waals surface area contributed by atoms with Crippen LogP contribution < -0.4 is 10.6 Å². The SMILES string of the molecule is NCC1CCCN1CC(=O)N1CCCc2ccccc21. The third-order valence-electron chi connectivity index (χ3n) is 4.52. The number of carbonyl (C=O) groups excluding carboxylic acids is 1. The van der Waals surface area contributed by atoms with Crippen LogP contribution in [0.3, 0.4) is 0 Å². The number of nitrogens with zero attached hydrogens (tertiary/aromatic N) is 2. The summed E-state index contributed by atoms with van der Waals surface area (Å²) in [4.78, 5) is 16.8. The molecule has 2 N–H and O–H groups in total. The van der Waals surface area contributed by atoms with Crippen molar-refractivity contribution < 1.29 is 4.79 Å². The number of likely N-dealkylation sites (tertiary alicyclic amines) is 1. The van der Waals surface area contributed by atoms with Gasteiger partial charge in [-0.15, -0.1) is 0 Å². The first-order chi connectivity index (χ1) is 9.79. The van der Waals surface area contributed by atoms with E-state index in [0.29, 0.717) is 19.1 Å². The van der Waals surface area contributed by atoms with Crippen molar-refractivity contribution in [3.63, 3.8) is 0 Å². The zero-order valence-corrected chi connectivity index (χ0v) is 11.9. The third kappa shape index (κ3) is 2.58. The number of carbonyl (C=O) groups is 1. The van der Waals surface area contributed by atoms with Crippen molar-refractivity contribution in [2.24, 2.45) is 5.73 Å². The molecular weight excluding hydrogens is 250 g/mol. The molecular formula is C16H23N3O. The molecule has 0 aromatic heterocycles. The van der Waals surface area contributed by atoms with Gasteiger partial charge < -0.3 is 10.6 Å². The fourth-order valence-corrected chi connectivity index (χ4v) is 3.42. The van der Waals surface area contributed by atoms with E-state index >= 15 is 0 Å². The van der Waals surface area contributed by atoms with Gasteiger partial charge in [-0.05, 0) is 43.9 Å². The number of amides is 1. The van der Waals surface area contributed by atoms with E-state index < -0.39 is 0 Å². The molecule has 108 valence electrons. The number of hydrogen-bond donors (Lipinski definition) is 1. The van der Waals surface area contributed by atoms with Gasteiger partial charge in [-0.25, -0.2) is 0 Å². The molecule has 1 amide bonds. The van der Waals surface area contributed by atoms with E-state index in [0.717, 1.165) is 44.5 Å². The third-order valence-corrected chi connectivity index (χ3v) is 4.52. The lowest BCUT2D eigenvalue weighted by Gasteiger charge is -2.32. The minimum atomic E-state index is 0.220. The highest BCUT2D eigenvalue weighted by Crippen LogP contribution is 2.27. The summed E-state index contributed by atoms with van der Waals surface area (Å²) in [5.41, 5.74) is 8.19. The Bertz CT molecular complexity index is 488. The van der Waals surface area contributed by atoms with Crippen molar-refractivity contribution in [1.82, 2.24) is 4.90 Å². The van der Waals surface area contributed by atoms with Gasteiger partial charge in [0.15, 0.2) is 0 Å². The molecule has 1 aromatic rings. The summed E-state index contributed by atoms with van der Waals surface area (Å²) < 4.78 is 0. The molecule has 2 aliphatic rings. The van der Waals surface area contributed by atoms with E-state index in [4.69, 9.17) is 5.73 Å². The summed E-state index contributed by atoms with van der Waals surface area (Å²) in [5.74, 6) is 0.220. The summed E-state index contributed by atoms with van der Waals surface area (Å²) in [6.45, 7) is 3.01. The second-order valence-corrected chi connectivity index (χ2v) is 5.78. The minimum Gasteiger partial charge on any atom is -0.329 e. The lowest BCUT2D eigenvalue weighted by atomic mass is 10.0. The Labute approximate surface area is 120 Å². The minimum absolute atomic E-state index is 0.220. The second kappa shape index (κ2) is 5.94. The van der Waals surface area contributed by atoms with E-state index in [2.05, 4.69) is 23.1 Å². The van der Waals surface area contributed by atoms with Crippen LogP contribution in [0.4, 0.5) is 5.69 Å². The molecule has 1 fully saturated rings. The largest absolute Gasteiger partial charge is 0.329 e. The van der Waals surface area contributed by atoms with Crippen LogP contribution in [-0.2, 0) is 11.2 Å². The molecule has 2 heterocycles. The van der Waals surface area contributed by atoms with Crippen LogP contribution >= 0.6 is 0 Å². The fraction of sp³-hybridized carbons (Fsp3) is 0.562. The average Bonchev–Trinajstić information content (AvgIpc) is 2.93. The highest BCUT2D eigenvalue weighted by molar-refractivity contribution is 5.96. The number of rotatable bonds is 3. The summed E-state index contributed by atoms with van der Waals surface area (Å²) in [6, 6.07) is 8.66. The van der Waals surface area contributed by atoms with E-state index in [1.54, 1.807) is 0 Å². The Hall–Kier alpha value is -1.39. The number of hydrogen-bond acceptors (Lipinski definition) is 3. The first-order valence-corrected chi connectivity index (χ1v) is 7.62. The topological polar surface area (TPSA) is 49.6 Å². The van der Waals surface area contributed by atoms with Gasteiger partial charge in [0.25, 0.3) is 0 Å². The van der Waals surface area contributed by atoms with Crippen LogP contribution in [0.1, 0.15) is 24.8 Å². The van der Waals surface area contributed by atoms with Gasteiger partial charge in [-0.1, -0.05) is 18.2 Å². The quantitative estimate of drug-likeness (QED) is 0.905. The van der Waals surface area contributed by atoms with Crippen molar-refractivity contribution in [2.45, 2.75) is 31.7 Å². The Kier molecular flexibility index (Phi) is 4.03. The van der Waals surface area contributed by atoms with Crippen LogP contribution in [0.2, 0.25) is 0 Å². The van der Waals surface area contributed by atoms with Gasteiger partial charge in [-0.3, -0.25) is 9.69 Å². The number of aryl methyl sites for hydroxylation is 1. The molecule has 0 radical (unpaired) electrons. The molecule has 0 spiro atoms. The smallest absolute Gasteiger partial charge is 0.241 e. The molecule has 4 heteroatoms. The molecule has 0 bridgehead atoms. The van der Waals surface area contributed by atoms with Crippen molar-refractivity contribution in [1.29, 1.82) is 0 Å². The molecule has 1 saturated heterocycles. The van der Waals surface area contributed by atoms with Gasteiger partial charge in [0.1, 0.15) is 0 Å². The molecule has 2 aliphatic heterocycles. The van der Waals surface area contributed by atoms with E-state index in [1.807, 2.05) is 11.0 Å². The van der Waals surface area contributed by atoms with Crippen LogP contribution in [0.15, 0.2) is 24.3 Å². The first kappa shape index (κ1) is 13.6. The standard InChI is InChI=1S/C16H23N3O/c17-11-14-7-4-9-18(14)12-16(20)19-10-3-6-13-5-1-2-8-15(13)19/h1-2,5,8,14H,3-4,6-7,9-12,17H2. The predicted molar refractivity (Wildman–Crippen MR) is 80.8 cm³/mol. The van der Waals surface area contributed by atoms with E-state index in [1.165, 1.54) is 5.56 Å². The Morgan fingerprint density at radius 2 is 2.10 bits per heavy atom. The van der Waals surface area contributed by atoms with Crippen LogP contribution in [-0.4, -0.2) is 43.0 Å². The maximum absolute atomic E-state index is 12.6. The zero-order chi connectivity index (χ0) is 13.9. The monoisotopic (exact) mass is 273 g/mol. The van der Waals surface area contributed by atoms with E-state index in [-0.39, 0.29) is 5.91 Å². The maximum atomic E-state index is 12.6. The number of fused-ring (bicyclic) bond motifs is 1. The van der Waals surface area contributed by atoms with Crippen molar-refractivity contribution in [2.75, 3.05) is 31.1 Å². The molecule has 3 rings (SSSR count). The number of anilines is 1. The maximum Gasteiger partial charge on any atom is 0.241 e. The number of nitrogens with two attached hydrogens (primary N) is 1. The molecule has 0 aliphatic carbocycles. The normalized spacial score (nSPS) is 22.9. The summed E-state index contributed by atoms with van der Waals surface area (Å²) in [7, 11) is 0. The zero-order valence-electron chi connectivity index (χ0n) is 11.9. The molecule has 1 unspecified atom stereocenters. The molecule has 0 saturated carbocycles. The molecule has 20 heavy (non-hydrogen) atoms. The highest BCUT2D eigenvalue weighted by atomic mass is 16.2. The fourth-order valence-electron chi connectivity index (χ4n) is 3.42. The van der Waals surface area contributed by atoms with Crippen molar-refractivity contribution in [3.8, 4) is 0 Å². The van der Waals surface area contributed by atoms with Crippen LogP contribution in [0.25, 0.3) is 0 Å². The Morgan fingerprint density at radius 1 is 1.25 bits per heavy atom. The summed E-state index contributed by atoms with van der Waals surface area (Å²) >= 11 is 0. The molecule has 4 nitrogen and oxygen atoms in total. The van der Waals surface area contributed by atoms with Gasteiger partial charge >= 0.3 is 0 Å². The van der Waals surface area contributed by atoms with Crippen molar-refractivity contribution >= 4 is 11.6 Å². The van der Waals surface area contributed by atoms with Gasteiger partial charge in [-0.2, -0.15) is 0 Å². The average molecular weight is 273 g/mol. The van der Waals surface area contributed by atoms with Gasteiger partial charge in [0.2, 0.25) is 5.91 Å². The molecule has 1 aromatic carbocycles. The van der Waals surface area contributed by atoms with Gasteiger partial charge in [0.05, 0.1) is 6.54 Å². The van der Waals surface area contributed by atoms with E-state index in [9.17, 15) is 4.79 Å². The van der Waals surface area contributed by atoms with Crippen molar-refractivity contribution in [3.05, 3.63) is 29.8 Å². The first-order valence-electron chi connectivity index (χ1n) is 7.62. The van der Waals surface area contributed by atoms with Crippen LogP contribution in [0, 0.1) is 0 Å². The highest BCUT2D eigenvalue weighted by Gasteiger charge is 2.28.